The van der Waals surface area contributed by atoms with Gasteiger partial charge in [-0.3, -0.25) is 0 Å². The van der Waals surface area contributed by atoms with E-state index >= 15 is 0 Å². The Morgan fingerprint density at radius 2 is 2.10 bits per heavy atom. The van der Waals surface area contributed by atoms with Crippen LogP contribution in [0.25, 0.3) is 0 Å². The molecule has 0 aliphatic heterocycles. The quantitative estimate of drug-likeness (QED) is 0.807. The number of rotatable bonds is 7. The van der Waals surface area contributed by atoms with E-state index in [0.717, 1.165) is 16.8 Å². The van der Waals surface area contributed by atoms with Crippen LogP contribution in [0.1, 0.15) is 25.5 Å². The molecular weight excluding hydrogens is 328 g/mol. The molecule has 0 radical (unpaired) electrons. The van der Waals surface area contributed by atoms with Crippen molar-refractivity contribution in [3.63, 3.8) is 0 Å². The number of aromatic nitrogens is 1. The maximum absolute atomic E-state index is 5.77. The summed E-state index contributed by atoms with van der Waals surface area (Å²) in [6.07, 6.45) is 4.32. The number of halogens is 1. The number of ether oxygens (including phenoxy) is 1. The molecule has 21 heavy (non-hydrogen) atoms. The number of hydrogen-bond donors (Lipinski definition) is 1. The second kappa shape index (κ2) is 7.66. The molecule has 0 amide bonds. The van der Waals surface area contributed by atoms with E-state index in [1.165, 1.54) is 5.56 Å². The molecule has 0 spiro atoms. The number of nitrogens with one attached hydrogen (secondary N) is 1. The first-order chi connectivity index (χ1) is 10.1. The molecule has 0 fully saturated rings. The minimum atomic E-state index is 0.400. The van der Waals surface area contributed by atoms with Gasteiger partial charge in [0.2, 0.25) is 0 Å². The van der Waals surface area contributed by atoms with E-state index in [0.29, 0.717) is 18.6 Å². The lowest BCUT2D eigenvalue weighted by Crippen LogP contribution is -2.21. The standard InChI is InChI=1S/C17H23BrN2O/c1-13(2)17(19-3)14-7-8-20(12-14)9-10-21-16-6-4-5-15(18)11-16/h4-8,11-13,17,19H,9-10H2,1-3H3. The summed E-state index contributed by atoms with van der Waals surface area (Å²) in [6.45, 7) is 5.97. The SMILES string of the molecule is CNC(c1ccn(CCOc2cccc(Br)c2)c1)C(C)C. The van der Waals surface area contributed by atoms with Crippen LogP contribution in [0, 0.1) is 5.92 Å². The van der Waals surface area contributed by atoms with Gasteiger partial charge >= 0.3 is 0 Å². The second-order valence-corrected chi connectivity index (χ2v) is 6.41. The average molecular weight is 351 g/mol. The molecule has 1 N–H and O–H groups in total. The highest BCUT2D eigenvalue weighted by atomic mass is 79.9. The highest BCUT2D eigenvalue weighted by Crippen LogP contribution is 2.21. The van der Waals surface area contributed by atoms with E-state index in [1.807, 2.05) is 31.3 Å². The first-order valence-corrected chi connectivity index (χ1v) is 8.10. The summed E-state index contributed by atoms with van der Waals surface area (Å²) in [7, 11) is 2.01. The third-order valence-electron chi connectivity index (χ3n) is 3.52. The number of nitrogens with zero attached hydrogens (tertiary/aromatic N) is 1. The smallest absolute Gasteiger partial charge is 0.120 e. The second-order valence-electron chi connectivity index (χ2n) is 5.50. The van der Waals surface area contributed by atoms with Gasteiger partial charge in [0, 0.05) is 22.9 Å². The van der Waals surface area contributed by atoms with Crippen molar-refractivity contribution in [1.29, 1.82) is 0 Å². The molecule has 114 valence electrons. The molecule has 4 heteroatoms. The van der Waals surface area contributed by atoms with Crippen molar-refractivity contribution in [2.24, 2.45) is 5.92 Å². The Balaban J connectivity index is 1.88. The van der Waals surface area contributed by atoms with Crippen molar-refractivity contribution in [1.82, 2.24) is 9.88 Å². The maximum atomic E-state index is 5.77. The summed E-state index contributed by atoms with van der Waals surface area (Å²) < 4.78 is 8.99. The Hall–Kier alpha value is -1.26. The molecule has 0 bridgehead atoms. The van der Waals surface area contributed by atoms with Gasteiger partial charge in [0.15, 0.2) is 0 Å². The summed E-state index contributed by atoms with van der Waals surface area (Å²) in [5, 5.41) is 3.37. The fraction of sp³-hybridized carbons (Fsp3) is 0.412. The van der Waals surface area contributed by atoms with E-state index in [9.17, 15) is 0 Å². The van der Waals surface area contributed by atoms with Gasteiger partial charge in [-0.2, -0.15) is 0 Å². The Labute approximate surface area is 135 Å². The molecule has 2 aromatic rings. The molecule has 0 aliphatic carbocycles. The van der Waals surface area contributed by atoms with Crippen molar-refractivity contribution < 1.29 is 4.74 Å². The first kappa shape index (κ1) is 16.1. The molecule has 2 rings (SSSR count). The maximum Gasteiger partial charge on any atom is 0.120 e. The Morgan fingerprint density at radius 3 is 2.76 bits per heavy atom. The predicted octanol–water partition coefficient (Wildman–Crippen LogP) is 4.25. The van der Waals surface area contributed by atoms with E-state index in [1.54, 1.807) is 0 Å². The van der Waals surface area contributed by atoms with Gasteiger partial charge in [-0.25, -0.2) is 0 Å². The van der Waals surface area contributed by atoms with Gasteiger partial charge in [0.05, 0.1) is 6.54 Å². The van der Waals surface area contributed by atoms with Crippen molar-refractivity contribution in [3.05, 3.63) is 52.8 Å². The van der Waals surface area contributed by atoms with Crippen LogP contribution in [0.5, 0.6) is 5.75 Å². The van der Waals surface area contributed by atoms with Crippen LogP contribution < -0.4 is 10.1 Å². The van der Waals surface area contributed by atoms with E-state index in [2.05, 4.69) is 58.1 Å². The van der Waals surface area contributed by atoms with Crippen LogP contribution in [-0.2, 0) is 6.54 Å². The van der Waals surface area contributed by atoms with Crippen LogP contribution in [0.4, 0.5) is 0 Å². The Morgan fingerprint density at radius 1 is 1.29 bits per heavy atom. The van der Waals surface area contributed by atoms with Gasteiger partial charge in [0.1, 0.15) is 12.4 Å². The molecule has 0 saturated carbocycles. The fourth-order valence-corrected chi connectivity index (χ4v) is 2.87. The van der Waals surface area contributed by atoms with E-state index in [-0.39, 0.29) is 0 Å². The summed E-state index contributed by atoms with van der Waals surface area (Å²) in [4.78, 5) is 0. The molecule has 1 aromatic heterocycles. The largest absolute Gasteiger partial charge is 0.492 e. The number of benzene rings is 1. The monoisotopic (exact) mass is 350 g/mol. The van der Waals surface area contributed by atoms with Gasteiger partial charge < -0.3 is 14.6 Å². The van der Waals surface area contributed by atoms with Crippen molar-refractivity contribution >= 4 is 15.9 Å². The zero-order valence-corrected chi connectivity index (χ0v) is 14.4. The predicted molar refractivity (Wildman–Crippen MR) is 90.7 cm³/mol. The molecule has 1 atom stereocenters. The third-order valence-corrected chi connectivity index (χ3v) is 4.02. The van der Waals surface area contributed by atoms with Crippen molar-refractivity contribution in [3.8, 4) is 5.75 Å². The van der Waals surface area contributed by atoms with Crippen LogP contribution in [0.15, 0.2) is 47.2 Å². The summed E-state index contributed by atoms with van der Waals surface area (Å²) in [6, 6.07) is 10.5. The lowest BCUT2D eigenvalue weighted by atomic mass is 9.99. The number of hydrogen-bond acceptors (Lipinski definition) is 2. The summed E-state index contributed by atoms with van der Waals surface area (Å²) in [5.74, 6) is 1.47. The molecule has 0 aliphatic rings. The van der Waals surface area contributed by atoms with Crippen molar-refractivity contribution in [2.45, 2.75) is 26.4 Å². The average Bonchev–Trinajstić information content (AvgIpc) is 2.88. The molecule has 1 unspecified atom stereocenters. The zero-order valence-electron chi connectivity index (χ0n) is 12.8. The summed E-state index contributed by atoms with van der Waals surface area (Å²) >= 11 is 3.45. The molecular formula is C17H23BrN2O. The van der Waals surface area contributed by atoms with Gasteiger partial charge in [-0.1, -0.05) is 35.8 Å². The van der Waals surface area contributed by atoms with Crippen molar-refractivity contribution in [2.75, 3.05) is 13.7 Å². The van der Waals surface area contributed by atoms with Crippen LogP contribution >= 0.6 is 15.9 Å². The normalized spacial score (nSPS) is 12.6. The first-order valence-electron chi connectivity index (χ1n) is 7.31. The minimum Gasteiger partial charge on any atom is -0.492 e. The fourth-order valence-electron chi connectivity index (χ4n) is 2.49. The highest BCUT2D eigenvalue weighted by molar-refractivity contribution is 9.10. The molecule has 1 heterocycles. The van der Waals surface area contributed by atoms with Gasteiger partial charge in [-0.05, 0) is 42.8 Å². The van der Waals surface area contributed by atoms with E-state index < -0.39 is 0 Å². The Kier molecular flexibility index (Phi) is 5.88. The highest BCUT2D eigenvalue weighted by Gasteiger charge is 2.14. The van der Waals surface area contributed by atoms with Crippen LogP contribution in [0.3, 0.4) is 0 Å². The third kappa shape index (κ3) is 4.61. The Bertz CT molecular complexity index is 565. The van der Waals surface area contributed by atoms with Crippen LogP contribution in [-0.4, -0.2) is 18.2 Å². The lowest BCUT2D eigenvalue weighted by molar-refractivity contribution is 0.298. The van der Waals surface area contributed by atoms with Crippen LogP contribution in [0.2, 0.25) is 0 Å². The zero-order chi connectivity index (χ0) is 15.2. The molecule has 3 nitrogen and oxygen atoms in total. The summed E-state index contributed by atoms with van der Waals surface area (Å²) in [5.41, 5.74) is 1.33. The molecule has 1 aromatic carbocycles. The lowest BCUT2D eigenvalue weighted by Gasteiger charge is -2.18. The van der Waals surface area contributed by atoms with E-state index in [4.69, 9.17) is 4.74 Å². The minimum absolute atomic E-state index is 0.400. The topological polar surface area (TPSA) is 26.2 Å². The molecule has 0 saturated heterocycles. The van der Waals surface area contributed by atoms with Gasteiger partial charge in [-0.15, -0.1) is 0 Å². The van der Waals surface area contributed by atoms with Gasteiger partial charge in [0.25, 0.3) is 0 Å².